The number of ether oxygens (including phenoxy) is 1. The van der Waals surface area contributed by atoms with Crippen LogP contribution in [0.15, 0.2) is 0 Å². The van der Waals surface area contributed by atoms with Gasteiger partial charge in [-0.25, -0.2) is 8.42 Å². The zero-order chi connectivity index (χ0) is 13.4. The fourth-order valence-corrected chi connectivity index (χ4v) is 4.94. The second-order valence-electron chi connectivity index (χ2n) is 5.78. The molecule has 0 radical (unpaired) electrons. The third-order valence-corrected chi connectivity index (χ3v) is 5.71. The van der Waals surface area contributed by atoms with Gasteiger partial charge in [0.15, 0.2) is 0 Å². The average Bonchev–Trinajstić information content (AvgIpc) is 2.25. The van der Waals surface area contributed by atoms with Crippen molar-refractivity contribution in [3.05, 3.63) is 0 Å². The lowest BCUT2D eigenvalue weighted by Gasteiger charge is -2.51. The minimum absolute atomic E-state index is 0.0384. The number of hydrogen-bond donors (Lipinski definition) is 0. The van der Waals surface area contributed by atoms with Crippen molar-refractivity contribution in [2.75, 3.05) is 12.9 Å². The summed E-state index contributed by atoms with van der Waals surface area (Å²) >= 11 is 0. The van der Waals surface area contributed by atoms with Crippen LogP contribution < -0.4 is 0 Å². The third-order valence-electron chi connectivity index (χ3n) is 4.46. The van der Waals surface area contributed by atoms with Gasteiger partial charge in [0.1, 0.15) is 0 Å². The molecule has 0 aromatic heterocycles. The number of esters is 1. The fraction of sp³-hybridized carbons (Fsp3) is 0.917. The second-order valence-corrected chi connectivity index (χ2v) is 8.60. The number of carbonyl (C=O) groups excluding carboxylic acids is 1. The summed E-state index contributed by atoms with van der Waals surface area (Å²) < 4.78 is 26.7. The lowest BCUT2D eigenvalue weighted by Crippen LogP contribution is -2.43. The topological polar surface area (TPSA) is 60.4 Å². The van der Waals surface area contributed by atoms with Gasteiger partial charge < -0.3 is 4.74 Å². The van der Waals surface area contributed by atoms with Gasteiger partial charge in [-0.05, 0) is 49.9 Å². The Labute approximate surface area is 112 Å². The van der Waals surface area contributed by atoms with Crippen molar-refractivity contribution >= 4 is 25.7 Å². The highest BCUT2D eigenvalue weighted by molar-refractivity contribution is 8.13. The molecule has 0 aromatic rings. The van der Waals surface area contributed by atoms with Gasteiger partial charge in [0.25, 0.3) is 0 Å². The first kappa shape index (κ1) is 14.1. The van der Waals surface area contributed by atoms with E-state index in [4.69, 9.17) is 15.4 Å². The van der Waals surface area contributed by atoms with E-state index in [1.807, 2.05) is 0 Å². The van der Waals surface area contributed by atoms with Gasteiger partial charge >= 0.3 is 5.97 Å². The molecule has 0 N–H and O–H groups in total. The maximum atomic E-state index is 11.4. The molecule has 6 heteroatoms. The number of rotatable bonds is 3. The predicted molar refractivity (Wildman–Crippen MR) is 68.8 cm³/mol. The van der Waals surface area contributed by atoms with Gasteiger partial charge in [0.05, 0.1) is 18.8 Å². The van der Waals surface area contributed by atoms with Crippen LogP contribution in [-0.2, 0) is 18.6 Å². The van der Waals surface area contributed by atoms with Gasteiger partial charge in [0, 0.05) is 10.7 Å². The first-order valence-corrected chi connectivity index (χ1v) is 8.82. The Morgan fingerprint density at radius 2 is 1.89 bits per heavy atom. The lowest BCUT2D eigenvalue weighted by atomic mass is 9.55. The largest absolute Gasteiger partial charge is 0.469 e. The molecule has 2 fully saturated rings. The standard InChI is InChI=1S/C12H19ClO4S/c1-17-11(14)10-2-4-12(5-3-10)6-9(7-12)8-18(13,15)16/h9-10H,2-8H2,1H3. The van der Waals surface area contributed by atoms with Crippen molar-refractivity contribution in [2.24, 2.45) is 17.3 Å². The highest BCUT2D eigenvalue weighted by Gasteiger charge is 2.47. The molecule has 0 saturated heterocycles. The van der Waals surface area contributed by atoms with E-state index in [-0.39, 0.29) is 29.0 Å². The van der Waals surface area contributed by atoms with Crippen molar-refractivity contribution in [3.8, 4) is 0 Å². The summed E-state index contributed by atoms with van der Waals surface area (Å²) in [5, 5.41) is 0. The Balaban J connectivity index is 1.80. The van der Waals surface area contributed by atoms with Crippen molar-refractivity contribution in [1.82, 2.24) is 0 Å². The summed E-state index contributed by atoms with van der Waals surface area (Å²) in [6, 6.07) is 0. The van der Waals surface area contributed by atoms with E-state index < -0.39 is 9.05 Å². The van der Waals surface area contributed by atoms with Crippen LogP contribution >= 0.6 is 10.7 Å². The molecule has 18 heavy (non-hydrogen) atoms. The van der Waals surface area contributed by atoms with Gasteiger partial charge in [-0.3, -0.25) is 4.79 Å². The van der Waals surface area contributed by atoms with Crippen molar-refractivity contribution in [2.45, 2.75) is 38.5 Å². The smallest absolute Gasteiger partial charge is 0.308 e. The number of carbonyl (C=O) groups is 1. The minimum Gasteiger partial charge on any atom is -0.469 e. The van der Waals surface area contributed by atoms with E-state index in [1.54, 1.807) is 0 Å². The zero-order valence-corrected chi connectivity index (χ0v) is 12.1. The van der Waals surface area contributed by atoms with Crippen LogP contribution in [0.2, 0.25) is 0 Å². The Bertz CT molecular complexity index is 415. The van der Waals surface area contributed by atoms with Gasteiger partial charge in [0.2, 0.25) is 9.05 Å². The van der Waals surface area contributed by atoms with Crippen LogP contribution in [0, 0.1) is 17.3 Å². The quantitative estimate of drug-likeness (QED) is 0.592. The van der Waals surface area contributed by atoms with Crippen LogP contribution in [0.25, 0.3) is 0 Å². The molecule has 0 aromatic carbocycles. The van der Waals surface area contributed by atoms with Gasteiger partial charge in [-0.2, -0.15) is 0 Å². The molecule has 0 unspecified atom stereocenters. The molecular weight excluding hydrogens is 276 g/mol. The molecule has 104 valence electrons. The third kappa shape index (κ3) is 3.18. The SMILES string of the molecule is COC(=O)C1CCC2(CC1)CC(CS(=O)(=O)Cl)C2. The Hall–Kier alpha value is -0.290. The first-order valence-electron chi connectivity index (χ1n) is 6.34. The molecule has 0 heterocycles. The van der Waals surface area contributed by atoms with Crippen LogP contribution in [0.3, 0.4) is 0 Å². The van der Waals surface area contributed by atoms with Crippen molar-refractivity contribution in [1.29, 1.82) is 0 Å². The molecule has 2 aliphatic rings. The average molecular weight is 295 g/mol. The molecule has 0 bridgehead atoms. The molecule has 1 spiro atoms. The molecule has 2 rings (SSSR count). The minimum atomic E-state index is -3.37. The first-order chi connectivity index (χ1) is 8.34. The highest BCUT2D eigenvalue weighted by atomic mass is 35.7. The monoisotopic (exact) mass is 294 g/mol. The molecule has 0 aliphatic heterocycles. The lowest BCUT2D eigenvalue weighted by molar-refractivity contribution is -0.148. The van der Waals surface area contributed by atoms with Crippen LogP contribution in [0.1, 0.15) is 38.5 Å². The maximum Gasteiger partial charge on any atom is 0.308 e. The van der Waals surface area contributed by atoms with E-state index in [1.165, 1.54) is 7.11 Å². The van der Waals surface area contributed by atoms with E-state index in [0.717, 1.165) is 38.5 Å². The summed E-state index contributed by atoms with van der Waals surface area (Å²) in [5.74, 6) is 0.235. The summed E-state index contributed by atoms with van der Waals surface area (Å²) in [5.41, 5.74) is 0.275. The highest BCUT2D eigenvalue weighted by Crippen LogP contribution is 2.56. The molecular formula is C12H19ClO4S. The number of hydrogen-bond acceptors (Lipinski definition) is 4. The maximum absolute atomic E-state index is 11.4. The van der Waals surface area contributed by atoms with Crippen molar-refractivity contribution in [3.63, 3.8) is 0 Å². The summed E-state index contributed by atoms with van der Waals surface area (Å²) in [7, 11) is 3.32. The Morgan fingerprint density at radius 1 is 1.33 bits per heavy atom. The van der Waals surface area contributed by atoms with Crippen LogP contribution in [0.5, 0.6) is 0 Å². The molecule has 2 aliphatic carbocycles. The Kier molecular flexibility index (Phi) is 3.93. The normalized spacial score (nSPS) is 36.1. The van der Waals surface area contributed by atoms with Crippen LogP contribution in [0.4, 0.5) is 0 Å². The molecule has 0 amide bonds. The fourth-order valence-electron chi connectivity index (χ4n) is 3.61. The number of methoxy groups -OCH3 is 1. The second kappa shape index (κ2) is 5.00. The van der Waals surface area contributed by atoms with E-state index in [9.17, 15) is 13.2 Å². The Morgan fingerprint density at radius 3 is 2.33 bits per heavy atom. The van der Waals surface area contributed by atoms with E-state index >= 15 is 0 Å². The molecule has 4 nitrogen and oxygen atoms in total. The van der Waals surface area contributed by atoms with Gasteiger partial charge in [-0.15, -0.1) is 0 Å². The van der Waals surface area contributed by atoms with Crippen molar-refractivity contribution < 1.29 is 17.9 Å². The summed E-state index contributed by atoms with van der Waals surface area (Å²) in [6.07, 6.45) is 5.62. The zero-order valence-electron chi connectivity index (χ0n) is 10.5. The molecule has 0 atom stereocenters. The summed E-state index contributed by atoms with van der Waals surface area (Å²) in [6.45, 7) is 0. The predicted octanol–water partition coefficient (Wildman–Crippen LogP) is 2.31. The molecule has 2 saturated carbocycles. The van der Waals surface area contributed by atoms with Gasteiger partial charge in [-0.1, -0.05) is 0 Å². The summed E-state index contributed by atoms with van der Waals surface area (Å²) in [4.78, 5) is 11.4. The van der Waals surface area contributed by atoms with E-state index in [2.05, 4.69) is 0 Å². The number of halogens is 1. The van der Waals surface area contributed by atoms with Crippen LogP contribution in [-0.4, -0.2) is 27.2 Å². The van der Waals surface area contributed by atoms with E-state index in [0.29, 0.717) is 0 Å².